The summed E-state index contributed by atoms with van der Waals surface area (Å²) in [5.74, 6) is -0.537. The van der Waals surface area contributed by atoms with Gasteiger partial charge < -0.3 is 14.7 Å². The predicted molar refractivity (Wildman–Crippen MR) is 102 cm³/mol. The summed E-state index contributed by atoms with van der Waals surface area (Å²) < 4.78 is 5.52. The summed E-state index contributed by atoms with van der Waals surface area (Å²) in [6.45, 7) is 10.4. The first-order valence-corrected chi connectivity index (χ1v) is 9.46. The molecule has 4 atom stereocenters. The lowest BCUT2D eigenvalue weighted by molar-refractivity contribution is -0.0394. The summed E-state index contributed by atoms with van der Waals surface area (Å²) in [5, 5.41) is 20.5. The standard InChI is InChI=1S/C21H29N3O3/c1-20(2,3)27-19(26)23-12-16-15(11-22)18(25)17(13-23)24(16)21(4,5)14-9-7-6-8-10-14/h6-10,15-18,25H,12-13H2,1-5H3/t15?,16-,17+,18-/m1/s1. The molecule has 1 aromatic carbocycles. The molecule has 0 radical (unpaired) electrons. The van der Waals surface area contributed by atoms with Crippen LogP contribution in [0.4, 0.5) is 4.79 Å². The highest BCUT2D eigenvalue weighted by Gasteiger charge is 2.57. The number of benzene rings is 1. The second kappa shape index (κ2) is 6.81. The highest BCUT2D eigenvalue weighted by molar-refractivity contribution is 5.68. The van der Waals surface area contributed by atoms with E-state index >= 15 is 0 Å². The van der Waals surface area contributed by atoms with Crippen LogP contribution in [0.3, 0.4) is 0 Å². The van der Waals surface area contributed by atoms with Crippen molar-refractivity contribution in [1.29, 1.82) is 5.26 Å². The van der Waals surface area contributed by atoms with Crippen LogP contribution in [0.25, 0.3) is 0 Å². The molecule has 0 spiro atoms. The summed E-state index contributed by atoms with van der Waals surface area (Å²) in [5.41, 5.74) is 0.170. The van der Waals surface area contributed by atoms with Crippen LogP contribution in [0.2, 0.25) is 0 Å². The van der Waals surface area contributed by atoms with Gasteiger partial charge in [0.25, 0.3) is 0 Å². The van der Waals surface area contributed by atoms with Gasteiger partial charge in [-0.2, -0.15) is 5.26 Å². The molecule has 2 bridgehead atoms. The molecule has 2 heterocycles. The normalized spacial score (nSPS) is 28.7. The number of aliphatic hydroxyl groups excluding tert-OH is 1. The molecule has 0 saturated carbocycles. The van der Waals surface area contributed by atoms with Gasteiger partial charge in [0, 0.05) is 24.7 Å². The fraction of sp³-hybridized carbons (Fsp3) is 0.619. The Morgan fingerprint density at radius 2 is 1.74 bits per heavy atom. The number of carbonyl (C=O) groups excluding carboxylic acids is 1. The van der Waals surface area contributed by atoms with E-state index in [2.05, 4.69) is 36.9 Å². The molecule has 6 heteroatoms. The third-order valence-electron chi connectivity index (χ3n) is 5.63. The van der Waals surface area contributed by atoms with E-state index in [1.54, 1.807) is 4.90 Å². The molecule has 2 aliphatic rings. The molecule has 1 aromatic rings. The molecule has 6 nitrogen and oxygen atoms in total. The van der Waals surface area contributed by atoms with Crippen LogP contribution in [0.15, 0.2) is 30.3 Å². The number of fused-ring (bicyclic) bond motifs is 2. The number of amides is 1. The maximum absolute atomic E-state index is 12.6. The molecule has 2 saturated heterocycles. The Labute approximate surface area is 161 Å². The Balaban J connectivity index is 1.91. The lowest BCUT2D eigenvalue weighted by Crippen LogP contribution is -2.62. The van der Waals surface area contributed by atoms with Crippen LogP contribution in [0.1, 0.15) is 40.2 Å². The first-order valence-electron chi connectivity index (χ1n) is 9.46. The molecule has 146 valence electrons. The number of likely N-dealkylation sites (tertiary alicyclic amines) is 1. The first kappa shape index (κ1) is 19.7. The number of aliphatic hydroxyl groups is 1. The van der Waals surface area contributed by atoms with Crippen molar-refractivity contribution in [2.75, 3.05) is 13.1 Å². The number of carbonyl (C=O) groups is 1. The van der Waals surface area contributed by atoms with Gasteiger partial charge in [0.2, 0.25) is 0 Å². The van der Waals surface area contributed by atoms with Crippen LogP contribution in [-0.4, -0.2) is 57.9 Å². The zero-order chi connectivity index (χ0) is 20.0. The van der Waals surface area contributed by atoms with Crippen LogP contribution >= 0.6 is 0 Å². The summed E-state index contributed by atoms with van der Waals surface area (Å²) in [7, 11) is 0. The summed E-state index contributed by atoms with van der Waals surface area (Å²) >= 11 is 0. The summed E-state index contributed by atoms with van der Waals surface area (Å²) in [6.07, 6.45) is -1.18. The third kappa shape index (κ3) is 3.54. The zero-order valence-electron chi connectivity index (χ0n) is 16.7. The minimum Gasteiger partial charge on any atom is -0.444 e. The maximum atomic E-state index is 12.6. The number of ether oxygens (including phenoxy) is 1. The zero-order valence-corrected chi connectivity index (χ0v) is 16.7. The topological polar surface area (TPSA) is 76.8 Å². The van der Waals surface area contributed by atoms with Crippen LogP contribution < -0.4 is 0 Å². The Morgan fingerprint density at radius 3 is 2.30 bits per heavy atom. The van der Waals surface area contributed by atoms with Gasteiger partial charge in [-0.1, -0.05) is 30.3 Å². The fourth-order valence-corrected chi connectivity index (χ4v) is 4.44. The van der Waals surface area contributed by atoms with Crippen molar-refractivity contribution in [2.45, 2.75) is 63.9 Å². The molecule has 1 N–H and O–H groups in total. The Bertz CT molecular complexity index is 735. The van der Waals surface area contributed by atoms with Crippen LogP contribution in [0, 0.1) is 17.2 Å². The average Bonchev–Trinajstić information content (AvgIpc) is 2.77. The predicted octanol–water partition coefficient (Wildman–Crippen LogP) is 2.73. The van der Waals surface area contributed by atoms with E-state index in [1.807, 2.05) is 39.0 Å². The number of rotatable bonds is 2. The molecule has 27 heavy (non-hydrogen) atoms. The van der Waals surface area contributed by atoms with Gasteiger partial charge in [0.05, 0.1) is 24.1 Å². The number of hydrogen-bond acceptors (Lipinski definition) is 5. The Kier molecular flexibility index (Phi) is 4.96. The molecule has 2 fully saturated rings. The number of piperazine rings is 1. The SMILES string of the molecule is CC(C)(C)OC(=O)N1C[C@@H]2C(C#N)[C@@H](O)[C@H](C1)N2C(C)(C)c1ccccc1. The molecule has 3 rings (SSSR count). The van der Waals surface area contributed by atoms with E-state index in [4.69, 9.17) is 4.74 Å². The van der Waals surface area contributed by atoms with Crippen molar-refractivity contribution in [2.24, 2.45) is 5.92 Å². The van der Waals surface area contributed by atoms with Gasteiger partial charge in [0.15, 0.2) is 0 Å². The van der Waals surface area contributed by atoms with Gasteiger partial charge in [-0.05, 0) is 40.2 Å². The molecular formula is C21H29N3O3. The second-order valence-electron chi connectivity index (χ2n) is 9.00. The van der Waals surface area contributed by atoms with Crippen molar-refractivity contribution in [3.8, 4) is 6.07 Å². The van der Waals surface area contributed by atoms with E-state index in [-0.39, 0.29) is 23.7 Å². The highest BCUT2D eigenvalue weighted by Crippen LogP contribution is 2.44. The van der Waals surface area contributed by atoms with Crippen molar-refractivity contribution in [1.82, 2.24) is 9.80 Å². The monoisotopic (exact) mass is 371 g/mol. The van der Waals surface area contributed by atoms with Crippen molar-refractivity contribution in [3.05, 3.63) is 35.9 Å². The molecule has 2 aliphatic heterocycles. The largest absolute Gasteiger partial charge is 0.444 e. The average molecular weight is 371 g/mol. The number of nitriles is 1. The molecule has 0 aromatic heterocycles. The van der Waals surface area contributed by atoms with Gasteiger partial charge in [0.1, 0.15) is 5.60 Å². The van der Waals surface area contributed by atoms with Crippen molar-refractivity contribution >= 4 is 6.09 Å². The van der Waals surface area contributed by atoms with Gasteiger partial charge in [-0.15, -0.1) is 0 Å². The summed E-state index contributed by atoms with van der Waals surface area (Å²) in [6, 6.07) is 11.8. The van der Waals surface area contributed by atoms with E-state index in [9.17, 15) is 15.2 Å². The van der Waals surface area contributed by atoms with E-state index < -0.39 is 17.6 Å². The lowest BCUT2D eigenvalue weighted by Gasteiger charge is -2.49. The van der Waals surface area contributed by atoms with Gasteiger partial charge in [-0.3, -0.25) is 4.90 Å². The maximum Gasteiger partial charge on any atom is 0.410 e. The van der Waals surface area contributed by atoms with Crippen molar-refractivity contribution < 1.29 is 14.6 Å². The third-order valence-corrected chi connectivity index (χ3v) is 5.63. The lowest BCUT2D eigenvalue weighted by atomic mass is 9.89. The van der Waals surface area contributed by atoms with Crippen LogP contribution in [-0.2, 0) is 10.3 Å². The molecule has 0 aliphatic carbocycles. The van der Waals surface area contributed by atoms with E-state index in [0.717, 1.165) is 5.56 Å². The van der Waals surface area contributed by atoms with Gasteiger partial charge in [-0.25, -0.2) is 4.79 Å². The smallest absolute Gasteiger partial charge is 0.410 e. The number of nitrogens with zero attached hydrogens (tertiary/aromatic N) is 3. The van der Waals surface area contributed by atoms with Crippen molar-refractivity contribution in [3.63, 3.8) is 0 Å². The minimum absolute atomic E-state index is 0.244. The van der Waals surface area contributed by atoms with E-state index in [0.29, 0.717) is 13.1 Å². The second-order valence-corrected chi connectivity index (χ2v) is 9.00. The number of hydrogen-bond donors (Lipinski definition) is 1. The molecule has 1 unspecified atom stereocenters. The fourth-order valence-electron chi connectivity index (χ4n) is 4.44. The van der Waals surface area contributed by atoms with E-state index in [1.165, 1.54) is 0 Å². The van der Waals surface area contributed by atoms with Gasteiger partial charge >= 0.3 is 6.09 Å². The van der Waals surface area contributed by atoms with Crippen LogP contribution in [0.5, 0.6) is 0 Å². The Morgan fingerprint density at radius 1 is 1.15 bits per heavy atom. The Hall–Kier alpha value is -2.10. The molecular weight excluding hydrogens is 342 g/mol. The molecule has 1 amide bonds. The summed E-state index contributed by atoms with van der Waals surface area (Å²) in [4.78, 5) is 16.4. The minimum atomic E-state index is -0.796. The highest BCUT2D eigenvalue weighted by atomic mass is 16.6. The first-order chi connectivity index (χ1) is 12.6. The quantitative estimate of drug-likeness (QED) is 0.865.